The van der Waals surface area contributed by atoms with Crippen LogP contribution in [-0.4, -0.2) is 23.1 Å². The number of carbonyl (C=O) groups excluding carboxylic acids is 1. The van der Waals surface area contributed by atoms with E-state index in [4.69, 9.17) is 9.05 Å². The number of hydrogen-bond donors (Lipinski definition) is 0. The van der Waals surface area contributed by atoms with Crippen LogP contribution in [-0.2, 0) is 18.4 Å². The molecule has 0 bridgehead atoms. The zero-order valence-electron chi connectivity index (χ0n) is 13.9. The fourth-order valence-corrected chi connectivity index (χ4v) is 4.17. The van der Waals surface area contributed by atoms with Crippen molar-refractivity contribution >= 4 is 13.4 Å². The number of Topliss-reactive ketones (excluding diaryl/α,β-unsaturated/α-hetero) is 1. The van der Waals surface area contributed by atoms with E-state index in [1.165, 1.54) is 0 Å². The molecule has 0 aromatic carbocycles. The van der Waals surface area contributed by atoms with E-state index in [2.05, 4.69) is 6.58 Å². The summed E-state index contributed by atoms with van der Waals surface area (Å²) in [5.74, 6) is -0.352. The zero-order chi connectivity index (χ0) is 16.2. The Labute approximate surface area is 123 Å². The van der Waals surface area contributed by atoms with E-state index in [-0.39, 0.29) is 17.9 Å². The lowest BCUT2D eigenvalue weighted by Crippen LogP contribution is -2.27. The molecule has 0 aliphatic rings. The molecular formula is C15H29O4P. The van der Waals surface area contributed by atoms with Gasteiger partial charge in [0.2, 0.25) is 0 Å². The molecule has 1 atom stereocenters. The molecule has 0 aromatic heterocycles. The third kappa shape index (κ3) is 8.68. The minimum absolute atomic E-state index is 0.123. The highest BCUT2D eigenvalue weighted by Crippen LogP contribution is 2.54. The van der Waals surface area contributed by atoms with Gasteiger partial charge in [0.15, 0.2) is 0 Å². The maximum absolute atomic E-state index is 12.9. The molecule has 4 nitrogen and oxygen atoms in total. The van der Waals surface area contributed by atoms with Gasteiger partial charge in [0.25, 0.3) is 0 Å². The van der Waals surface area contributed by atoms with Gasteiger partial charge in [-0.3, -0.25) is 9.36 Å². The maximum Gasteiger partial charge on any atom is 0.339 e. The Morgan fingerprint density at radius 3 is 1.85 bits per heavy atom. The predicted molar refractivity (Wildman–Crippen MR) is 83.1 cm³/mol. The number of rotatable bonds is 7. The molecule has 0 saturated heterocycles. The van der Waals surface area contributed by atoms with Crippen LogP contribution in [0.25, 0.3) is 0 Å². The second-order valence-electron chi connectivity index (χ2n) is 7.07. The second-order valence-corrected chi connectivity index (χ2v) is 8.97. The van der Waals surface area contributed by atoms with Crippen LogP contribution >= 0.6 is 7.60 Å². The Morgan fingerprint density at radius 2 is 1.55 bits per heavy atom. The monoisotopic (exact) mass is 304 g/mol. The highest BCUT2D eigenvalue weighted by atomic mass is 31.2. The summed E-state index contributed by atoms with van der Waals surface area (Å²) in [4.78, 5) is 12.1. The van der Waals surface area contributed by atoms with E-state index in [0.717, 1.165) is 0 Å². The van der Waals surface area contributed by atoms with Crippen LogP contribution in [0.1, 0.15) is 54.9 Å². The van der Waals surface area contributed by atoms with E-state index < -0.39 is 18.8 Å². The number of allylic oxidation sites excluding steroid dienone is 1. The summed E-state index contributed by atoms with van der Waals surface area (Å²) >= 11 is 0. The van der Waals surface area contributed by atoms with Gasteiger partial charge in [-0.25, -0.2) is 0 Å². The van der Waals surface area contributed by atoms with Crippen molar-refractivity contribution in [2.45, 2.75) is 66.1 Å². The summed E-state index contributed by atoms with van der Waals surface area (Å²) < 4.78 is 24.0. The summed E-state index contributed by atoms with van der Waals surface area (Å²) in [5.41, 5.74) is -1.27. The van der Waals surface area contributed by atoms with Gasteiger partial charge in [-0.05, 0) is 48.0 Å². The van der Waals surface area contributed by atoms with Crippen LogP contribution in [0.4, 0.5) is 0 Å². The average Bonchev–Trinajstić information content (AvgIpc) is 2.10. The highest BCUT2D eigenvalue weighted by molar-refractivity contribution is 7.55. The van der Waals surface area contributed by atoms with E-state index in [0.29, 0.717) is 6.42 Å². The summed E-state index contributed by atoms with van der Waals surface area (Å²) in [6.45, 7) is 16.2. The number of carbonyl (C=O) groups is 1. The van der Waals surface area contributed by atoms with Crippen molar-refractivity contribution in [2.24, 2.45) is 5.92 Å². The largest absolute Gasteiger partial charge is 0.339 e. The van der Waals surface area contributed by atoms with Gasteiger partial charge in [0, 0.05) is 5.92 Å². The normalized spacial score (nSPS) is 14.9. The van der Waals surface area contributed by atoms with Crippen LogP contribution in [0.5, 0.6) is 0 Å². The molecule has 0 amide bonds. The first-order valence-electron chi connectivity index (χ1n) is 6.92. The molecule has 0 fully saturated rings. The quantitative estimate of drug-likeness (QED) is 0.510. The molecule has 0 N–H and O–H groups in total. The maximum atomic E-state index is 12.9. The van der Waals surface area contributed by atoms with Crippen molar-refractivity contribution in [2.75, 3.05) is 6.16 Å². The SMILES string of the molecule is C=CCC(C)C(=O)CP(=O)(OC(C)(C)C)OC(C)(C)C. The number of hydrogen-bond acceptors (Lipinski definition) is 4. The fraction of sp³-hybridized carbons (Fsp3) is 0.800. The van der Waals surface area contributed by atoms with Crippen molar-refractivity contribution in [1.82, 2.24) is 0 Å². The highest BCUT2D eigenvalue weighted by Gasteiger charge is 2.38. The summed E-state index contributed by atoms with van der Waals surface area (Å²) in [6, 6.07) is 0. The van der Waals surface area contributed by atoms with E-state index in [9.17, 15) is 9.36 Å². The smallest absolute Gasteiger partial charge is 0.302 e. The van der Waals surface area contributed by atoms with Gasteiger partial charge in [0.05, 0.1) is 11.2 Å². The topological polar surface area (TPSA) is 52.6 Å². The Bertz CT molecular complexity index is 368. The molecule has 0 spiro atoms. The first-order valence-corrected chi connectivity index (χ1v) is 8.65. The Hall–Kier alpha value is -0.440. The van der Waals surface area contributed by atoms with Gasteiger partial charge >= 0.3 is 7.60 Å². The van der Waals surface area contributed by atoms with Crippen LogP contribution in [0.2, 0.25) is 0 Å². The first kappa shape index (κ1) is 19.6. The molecule has 0 saturated carbocycles. The molecular weight excluding hydrogens is 275 g/mol. The molecule has 0 aliphatic carbocycles. The average molecular weight is 304 g/mol. The molecule has 0 aliphatic heterocycles. The summed E-state index contributed by atoms with van der Waals surface area (Å²) in [5, 5.41) is 0. The van der Waals surface area contributed by atoms with Gasteiger partial charge in [-0.2, -0.15) is 0 Å². The van der Waals surface area contributed by atoms with Gasteiger partial charge < -0.3 is 9.05 Å². The third-order valence-electron chi connectivity index (χ3n) is 2.25. The molecule has 0 rings (SSSR count). The van der Waals surface area contributed by atoms with Crippen LogP contribution in [0.3, 0.4) is 0 Å². The van der Waals surface area contributed by atoms with Crippen LogP contribution in [0.15, 0.2) is 12.7 Å². The molecule has 1 unspecified atom stereocenters. The van der Waals surface area contributed by atoms with Crippen molar-refractivity contribution in [3.8, 4) is 0 Å². The van der Waals surface area contributed by atoms with Gasteiger partial charge in [0.1, 0.15) is 11.9 Å². The van der Waals surface area contributed by atoms with E-state index in [1.54, 1.807) is 54.5 Å². The lowest BCUT2D eigenvalue weighted by Gasteiger charge is -2.32. The van der Waals surface area contributed by atoms with Gasteiger partial charge in [-0.15, -0.1) is 6.58 Å². The van der Waals surface area contributed by atoms with Crippen LogP contribution < -0.4 is 0 Å². The van der Waals surface area contributed by atoms with E-state index in [1.807, 2.05) is 0 Å². The van der Waals surface area contributed by atoms with Crippen molar-refractivity contribution in [3.05, 3.63) is 12.7 Å². The predicted octanol–water partition coefficient (Wildman–Crippen LogP) is 4.59. The number of ketones is 1. The van der Waals surface area contributed by atoms with E-state index >= 15 is 0 Å². The lowest BCUT2D eigenvalue weighted by atomic mass is 10.0. The third-order valence-corrected chi connectivity index (χ3v) is 4.60. The van der Waals surface area contributed by atoms with Crippen molar-refractivity contribution < 1.29 is 18.4 Å². The molecule has 118 valence electrons. The minimum Gasteiger partial charge on any atom is -0.302 e. The van der Waals surface area contributed by atoms with Gasteiger partial charge in [-0.1, -0.05) is 13.0 Å². The molecule has 0 aromatic rings. The first-order chi connectivity index (χ1) is 8.78. The molecule has 20 heavy (non-hydrogen) atoms. The zero-order valence-corrected chi connectivity index (χ0v) is 14.8. The Morgan fingerprint density at radius 1 is 1.15 bits per heavy atom. The molecule has 0 radical (unpaired) electrons. The lowest BCUT2D eigenvalue weighted by molar-refractivity contribution is -0.120. The molecule has 0 heterocycles. The van der Waals surface area contributed by atoms with Crippen molar-refractivity contribution in [3.63, 3.8) is 0 Å². The Kier molecular flexibility index (Phi) is 6.86. The van der Waals surface area contributed by atoms with Crippen LogP contribution in [0, 0.1) is 5.92 Å². The standard InChI is InChI=1S/C15H29O4P/c1-9-10-12(2)13(16)11-20(17,18-14(3,4)5)19-15(6,7)8/h9,12H,1,10-11H2,2-8H3. The minimum atomic E-state index is -3.48. The van der Waals surface area contributed by atoms with Crippen molar-refractivity contribution in [1.29, 1.82) is 0 Å². The Balaban J connectivity index is 5.09. The molecule has 5 heteroatoms. The fourth-order valence-electron chi connectivity index (χ4n) is 1.65. The second kappa shape index (κ2) is 7.02. The summed E-state index contributed by atoms with van der Waals surface area (Å²) in [7, 11) is -3.48. The summed E-state index contributed by atoms with van der Waals surface area (Å²) in [6.07, 6.45) is 2.04.